The Morgan fingerprint density at radius 1 is 0.540 bits per heavy atom. The van der Waals surface area contributed by atoms with E-state index in [2.05, 4.69) is 53.7 Å². The van der Waals surface area contributed by atoms with Gasteiger partial charge in [0, 0.05) is 44.5 Å². The van der Waals surface area contributed by atoms with Gasteiger partial charge in [-0.1, -0.05) is 110 Å². The standard InChI is InChI=1S/C48H85O13PS/c1-11-17-28-50-34-37-39(52-30-19-13-3)41(53-31-20-14-4)43(59-62(49)60-47(7,8)48(9,10)61-62)45(56-37)58-40-38(35-51-29-18-12-2)57-46(63-36-26-24-23-25-27-36)44(55-33-22-16-6)42(40)54-32-21-15-5/h23-27,37-46H,11-22,28-35H2,1-10H3. The van der Waals surface area contributed by atoms with Crippen molar-refractivity contribution in [2.24, 2.45) is 0 Å². The zero-order valence-corrected chi connectivity index (χ0v) is 42.2. The van der Waals surface area contributed by atoms with Gasteiger partial charge in [0.15, 0.2) is 6.29 Å². The molecule has 15 heteroatoms. The van der Waals surface area contributed by atoms with Crippen LogP contribution in [0.4, 0.5) is 0 Å². The first-order chi connectivity index (χ1) is 30.4. The Hall–Kier alpha value is -0.680. The second kappa shape index (κ2) is 28.6. The molecule has 0 saturated carbocycles. The summed E-state index contributed by atoms with van der Waals surface area (Å²) in [6, 6.07) is 10.2. The third-order valence-electron chi connectivity index (χ3n) is 11.9. The summed E-state index contributed by atoms with van der Waals surface area (Å²) < 4.78 is 95.3. The normalized spacial score (nSPS) is 30.2. The fourth-order valence-electron chi connectivity index (χ4n) is 7.39. The molecule has 3 fully saturated rings. The molecule has 0 spiro atoms. The molecule has 1 aromatic rings. The lowest BCUT2D eigenvalue weighted by atomic mass is 9.90. The number of unbranched alkanes of at least 4 members (excludes halogenated alkanes) is 6. The molecule has 0 amide bonds. The van der Waals surface area contributed by atoms with Crippen LogP contribution in [0.15, 0.2) is 35.2 Å². The van der Waals surface area contributed by atoms with E-state index in [9.17, 15) is 4.57 Å². The van der Waals surface area contributed by atoms with Crippen LogP contribution in [-0.2, 0) is 60.8 Å². The molecule has 0 bridgehead atoms. The number of phosphoric ester groups is 1. The molecule has 63 heavy (non-hydrogen) atoms. The van der Waals surface area contributed by atoms with Gasteiger partial charge >= 0.3 is 7.82 Å². The van der Waals surface area contributed by atoms with E-state index in [1.54, 1.807) is 11.8 Å². The zero-order valence-electron chi connectivity index (χ0n) is 40.5. The molecule has 0 N–H and O–H groups in total. The van der Waals surface area contributed by atoms with Gasteiger partial charge < -0.3 is 42.6 Å². The van der Waals surface area contributed by atoms with Gasteiger partial charge in [-0.05, 0) is 78.4 Å². The van der Waals surface area contributed by atoms with Crippen LogP contribution in [-0.4, -0.2) is 125 Å². The van der Waals surface area contributed by atoms with E-state index in [-0.39, 0.29) is 13.2 Å². The maximum atomic E-state index is 14.8. The third-order valence-corrected chi connectivity index (χ3v) is 14.9. The summed E-state index contributed by atoms with van der Waals surface area (Å²) in [5, 5.41) is 0. The summed E-state index contributed by atoms with van der Waals surface area (Å²) in [5.74, 6) is 0. The Morgan fingerprint density at radius 2 is 0.968 bits per heavy atom. The van der Waals surface area contributed by atoms with Gasteiger partial charge in [-0.25, -0.2) is 4.57 Å². The van der Waals surface area contributed by atoms with E-state index < -0.39 is 79.6 Å². The largest absolute Gasteiger partial charge is 0.476 e. The minimum absolute atomic E-state index is 0.224. The van der Waals surface area contributed by atoms with E-state index in [0.29, 0.717) is 39.6 Å². The van der Waals surface area contributed by atoms with Crippen molar-refractivity contribution in [2.45, 2.75) is 223 Å². The van der Waals surface area contributed by atoms with Crippen molar-refractivity contribution in [1.29, 1.82) is 0 Å². The predicted molar refractivity (Wildman–Crippen MR) is 247 cm³/mol. The van der Waals surface area contributed by atoms with E-state index in [0.717, 1.165) is 81.9 Å². The van der Waals surface area contributed by atoms with Gasteiger partial charge in [-0.2, -0.15) is 0 Å². The van der Waals surface area contributed by atoms with E-state index in [1.165, 1.54) is 0 Å². The van der Waals surface area contributed by atoms with Crippen molar-refractivity contribution in [3.05, 3.63) is 30.3 Å². The number of hydrogen-bond acceptors (Lipinski definition) is 14. The summed E-state index contributed by atoms with van der Waals surface area (Å²) in [4.78, 5) is 1.05. The van der Waals surface area contributed by atoms with Crippen LogP contribution in [0, 0.1) is 0 Å². The molecule has 13 nitrogen and oxygen atoms in total. The summed E-state index contributed by atoms with van der Waals surface area (Å²) >= 11 is 1.61. The van der Waals surface area contributed by atoms with Crippen molar-refractivity contribution < 1.29 is 60.8 Å². The molecule has 0 radical (unpaired) electrons. The topological polar surface area (TPSA) is 128 Å². The van der Waals surface area contributed by atoms with Crippen molar-refractivity contribution in [3.8, 4) is 0 Å². The quantitative estimate of drug-likeness (QED) is 0.0502. The van der Waals surface area contributed by atoms with Crippen LogP contribution in [0.5, 0.6) is 0 Å². The van der Waals surface area contributed by atoms with Crippen LogP contribution in [0.25, 0.3) is 0 Å². The molecule has 3 aliphatic rings. The van der Waals surface area contributed by atoms with Crippen molar-refractivity contribution in [3.63, 3.8) is 0 Å². The summed E-state index contributed by atoms with van der Waals surface area (Å²) in [7, 11) is -4.26. The van der Waals surface area contributed by atoms with Gasteiger partial charge in [0.25, 0.3) is 0 Å². The highest BCUT2D eigenvalue weighted by Gasteiger charge is 2.61. The SMILES string of the molecule is CCCCOCC1OC(OC2C(COCCCC)OC(Sc3ccccc3)C(OCCCC)C2OCCCC)C(OP2(=O)OC(C)(C)C(C)(C)O2)C(OCCCC)C1OCCCC. The van der Waals surface area contributed by atoms with Gasteiger partial charge in [0.2, 0.25) is 0 Å². The maximum absolute atomic E-state index is 14.8. The Labute approximate surface area is 385 Å². The number of ether oxygens (including phenoxy) is 9. The Bertz CT molecular complexity index is 1390. The van der Waals surface area contributed by atoms with E-state index in [1.807, 2.05) is 45.9 Å². The minimum Gasteiger partial charge on any atom is -0.379 e. The lowest BCUT2D eigenvalue weighted by Gasteiger charge is -2.50. The predicted octanol–water partition coefficient (Wildman–Crippen LogP) is 11.1. The first kappa shape index (κ1) is 54.9. The number of thioether (sulfide) groups is 1. The summed E-state index contributed by atoms with van der Waals surface area (Å²) in [6.07, 6.45) is 3.91. The maximum Gasteiger partial charge on any atom is 0.476 e. The average Bonchev–Trinajstić information content (AvgIpc) is 3.42. The van der Waals surface area contributed by atoms with Gasteiger partial charge in [-0.15, -0.1) is 0 Å². The van der Waals surface area contributed by atoms with Crippen LogP contribution in [0.1, 0.15) is 146 Å². The molecule has 3 heterocycles. The molecule has 1 aromatic carbocycles. The lowest BCUT2D eigenvalue weighted by molar-refractivity contribution is -0.348. The van der Waals surface area contributed by atoms with Crippen molar-refractivity contribution in [1.82, 2.24) is 0 Å². The average molecular weight is 933 g/mol. The van der Waals surface area contributed by atoms with Gasteiger partial charge in [-0.3, -0.25) is 13.6 Å². The highest BCUT2D eigenvalue weighted by molar-refractivity contribution is 7.99. The van der Waals surface area contributed by atoms with Crippen molar-refractivity contribution >= 4 is 19.6 Å². The smallest absolute Gasteiger partial charge is 0.379 e. The highest BCUT2D eigenvalue weighted by atomic mass is 32.2. The molecule has 10 unspecified atom stereocenters. The number of phosphoric acid groups is 1. The third kappa shape index (κ3) is 16.8. The summed E-state index contributed by atoms with van der Waals surface area (Å²) in [5.41, 5.74) is -2.33. The van der Waals surface area contributed by atoms with Crippen molar-refractivity contribution in [2.75, 3.05) is 52.9 Å². The fourth-order valence-corrected chi connectivity index (χ4v) is 10.7. The molecule has 366 valence electrons. The summed E-state index contributed by atoms with van der Waals surface area (Å²) in [6.45, 7) is 23.6. The molecular formula is C48H85O13PS. The molecule has 3 aliphatic heterocycles. The molecular weight excluding hydrogens is 848 g/mol. The fraction of sp³-hybridized carbons (Fsp3) is 0.875. The van der Waals surface area contributed by atoms with Gasteiger partial charge in [0.1, 0.15) is 65.5 Å². The zero-order chi connectivity index (χ0) is 45.7. The molecule has 10 atom stereocenters. The number of rotatable bonds is 32. The van der Waals surface area contributed by atoms with Crippen LogP contribution < -0.4 is 0 Å². The number of hydrogen-bond donors (Lipinski definition) is 0. The van der Waals surface area contributed by atoms with Crippen LogP contribution in [0.2, 0.25) is 0 Å². The Kier molecular flexibility index (Phi) is 24.9. The first-order valence-corrected chi connectivity index (χ1v) is 26.7. The molecule has 3 saturated heterocycles. The first-order valence-electron chi connectivity index (χ1n) is 24.4. The molecule has 0 aromatic heterocycles. The number of benzene rings is 1. The monoisotopic (exact) mass is 933 g/mol. The minimum atomic E-state index is -4.26. The second-order valence-corrected chi connectivity index (χ2v) is 20.6. The molecule has 4 rings (SSSR count). The Balaban J connectivity index is 1.86. The van der Waals surface area contributed by atoms with Crippen LogP contribution in [0.3, 0.4) is 0 Å². The van der Waals surface area contributed by atoms with E-state index >= 15 is 0 Å². The lowest BCUT2D eigenvalue weighted by Crippen LogP contribution is -2.66. The van der Waals surface area contributed by atoms with E-state index in [4.69, 9.17) is 56.2 Å². The van der Waals surface area contributed by atoms with Gasteiger partial charge in [0.05, 0.1) is 13.2 Å². The second-order valence-electron chi connectivity index (χ2n) is 18.0. The Morgan fingerprint density at radius 3 is 1.46 bits per heavy atom. The molecule has 0 aliphatic carbocycles. The van der Waals surface area contributed by atoms with Crippen LogP contribution >= 0.6 is 19.6 Å². The highest BCUT2D eigenvalue weighted by Crippen LogP contribution is 2.66.